The first-order valence-electron chi connectivity index (χ1n) is 7.58. The molecule has 2 bridgehead atoms. The second kappa shape index (κ2) is 5.85. The molecule has 0 N–H and O–H groups in total. The lowest BCUT2D eigenvalue weighted by molar-refractivity contribution is 0.141. The van der Waals surface area contributed by atoms with Crippen molar-refractivity contribution in [2.75, 3.05) is 19.6 Å². The molecule has 2 fully saturated rings. The fraction of sp³-hybridized carbons (Fsp3) is 0.647. The summed E-state index contributed by atoms with van der Waals surface area (Å²) in [7, 11) is 1.68. The maximum atomic E-state index is 6.31. The van der Waals surface area contributed by atoms with Crippen LogP contribution in [0.1, 0.15) is 32.1 Å². The van der Waals surface area contributed by atoms with Gasteiger partial charge in [0, 0.05) is 5.88 Å². The average Bonchev–Trinajstić information content (AvgIpc) is 3.09. The number of hydrogen-bond acceptors (Lipinski definition) is 2. The van der Waals surface area contributed by atoms with E-state index in [2.05, 4.69) is 0 Å². The van der Waals surface area contributed by atoms with E-state index in [1.54, 1.807) is 7.11 Å². The summed E-state index contributed by atoms with van der Waals surface area (Å²) in [6.07, 6.45) is 6.59. The van der Waals surface area contributed by atoms with E-state index in [0.717, 1.165) is 42.2 Å². The van der Waals surface area contributed by atoms with Crippen LogP contribution in [-0.4, -0.2) is 19.6 Å². The van der Waals surface area contributed by atoms with Crippen LogP contribution in [0.5, 0.6) is 11.5 Å². The standard InChI is InChI=1S/C17H23ClO2/c1-19-15-4-6-16(7-5-15)20-9-8-17(12-18)11-13-2-3-14(17)10-13/h4-7,13-14H,2-3,8-12H2,1H3. The molecule has 0 heterocycles. The third kappa shape index (κ3) is 2.63. The Morgan fingerprint density at radius 3 is 2.50 bits per heavy atom. The van der Waals surface area contributed by atoms with Crippen LogP contribution >= 0.6 is 11.6 Å². The number of rotatable bonds is 6. The van der Waals surface area contributed by atoms with Gasteiger partial charge in [0.05, 0.1) is 13.7 Å². The normalized spacial score (nSPS) is 31.5. The van der Waals surface area contributed by atoms with Crippen LogP contribution in [0.15, 0.2) is 24.3 Å². The highest BCUT2D eigenvalue weighted by Gasteiger charge is 2.49. The van der Waals surface area contributed by atoms with Crippen molar-refractivity contribution in [1.82, 2.24) is 0 Å². The summed E-state index contributed by atoms with van der Waals surface area (Å²) in [6, 6.07) is 7.80. The SMILES string of the molecule is COc1ccc(OCCC2(CCl)CC3CCC2C3)cc1. The molecule has 2 aliphatic carbocycles. The molecule has 3 rings (SSSR count). The molecule has 2 saturated carbocycles. The van der Waals surface area contributed by atoms with Gasteiger partial charge in [-0.1, -0.05) is 6.42 Å². The van der Waals surface area contributed by atoms with E-state index in [-0.39, 0.29) is 0 Å². The number of halogens is 1. The van der Waals surface area contributed by atoms with Crippen molar-refractivity contribution in [3.8, 4) is 11.5 Å². The smallest absolute Gasteiger partial charge is 0.119 e. The first kappa shape index (κ1) is 14.1. The quantitative estimate of drug-likeness (QED) is 0.719. The van der Waals surface area contributed by atoms with Gasteiger partial charge in [0.15, 0.2) is 0 Å². The molecule has 1 aromatic rings. The highest BCUT2D eigenvalue weighted by atomic mass is 35.5. The van der Waals surface area contributed by atoms with Gasteiger partial charge in [-0.3, -0.25) is 0 Å². The second-order valence-electron chi connectivity index (χ2n) is 6.35. The minimum Gasteiger partial charge on any atom is -0.497 e. The molecule has 1 aromatic carbocycles. The number of fused-ring (bicyclic) bond motifs is 2. The molecule has 0 amide bonds. The maximum absolute atomic E-state index is 6.31. The Balaban J connectivity index is 1.53. The van der Waals surface area contributed by atoms with Crippen LogP contribution in [0.2, 0.25) is 0 Å². The lowest BCUT2D eigenvalue weighted by Crippen LogP contribution is -2.31. The van der Waals surface area contributed by atoms with E-state index < -0.39 is 0 Å². The third-order valence-corrected chi connectivity index (χ3v) is 5.83. The fourth-order valence-corrected chi connectivity index (χ4v) is 4.60. The van der Waals surface area contributed by atoms with E-state index in [4.69, 9.17) is 21.1 Å². The predicted octanol–water partition coefficient (Wildman–Crippen LogP) is 4.51. The molecule has 2 nitrogen and oxygen atoms in total. The van der Waals surface area contributed by atoms with Gasteiger partial charge in [-0.2, -0.15) is 0 Å². The average molecular weight is 295 g/mol. The van der Waals surface area contributed by atoms with Gasteiger partial charge in [-0.05, 0) is 67.2 Å². The van der Waals surface area contributed by atoms with Crippen molar-refractivity contribution in [2.45, 2.75) is 32.1 Å². The zero-order valence-corrected chi connectivity index (χ0v) is 12.9. The summed E-state index contributed by atoms with van der Waals surface area (Å²) in [5.41, 5.74) is 0.344. The van der Waals surface area contributed by atoms with Gasteiger partial charge in [0.2, 0.25) is 0 Å². The van der Waals surface area contributed by atoms with Crippen LogP contribution in [0.4, 0.5) is 0 Å². The Hall–Kier alpha value is -0.890. The first-order chi connectivity index (χ1) is 9.75. The minimum absolute atomic E-state index is 0.344. The van der Waals surface area contributed by atoms with Crippen LogP contribution in [0, 0.1) is 17.3 Å². The molecule has 3 atom stereocenters. The third-order valence-electron chi connectivity index (χ3n) is 5.30. The van der Waals surface area contributed by atoms with Crippen molar-refractivity contribution in [3.63, 3.8) is 0 Å². The van der Waals surface area contributed by atoms with E-state index >= 15 is 0 Å². The fourth-order valence-electron chi connectivity index (χ4n) is 4.14. The molecule has 2 aliphatic rings. The lowest BCUT2D eigenvalue weighted by atomic mass is 9.72. The molecular weight excluding hydrogens is 272 g/mol. The van der Waals surface area contributed by atoms with Gasteiger partial charge in [0.1, 0.15) is 11.5 Å². The molecule has 3 unspecified atom stereocenters. The van der Waals surface area contributed by atoms with E-state index in [0.29, 0.717) is 5.41 Å². The lowest BCUT2D eigenvalue weighted by Gasteiger charge is -2.36. The maximum Gasteiger partial charge on any atom is 0.119 e. The monoisotopic (exact) mass is 294 g/mol. The number of ether oxygens (including phenoxy) is 2. The van der Waals surface area contributed by atoms with E-state index in [1.165, 1.54) is 25.7 Å². The molecule has 110 valence electrons. The van der Waals surface area contributed by atoms with E-state index in [9.17, 15) is 0 Å². The van der Waals surface area contributed by atoms with Gasteiger partial charge in [-0.15, -0.1) is 11.6 Å². The van der Waals surface area contributed by atoms with Crippen LogP contribution in [0.3, 0.4) is 0 Å². The van der Waals surface area contributed by atoms with Crippen molar-refractivity contribution in [1.29, 1.82) is 0 Å². The Morgan fingerprint density at radius 2 is 1.95 bits per heavy atom. The van der Waals surface area contributed by atoms with Crippen LogP contribution in [0.25, 0.3) is 0 Å². The molecule has 20 heavy (non-hydrogen) atoms. The van der Waals surface area contributed by atoms with E-state index in [1.807, 2.05) is 24.3 Å². The molecule has 0 saturated heterocycles. The van der Waals surface area contributed by atoms with Gasteiger partial charge in [-0.25, -0.2) is 0 Å². The molecule has 0 radical (unpaired) electrons. The molecule has 0 spiro atoms. The largest absolute Gasteiger partial charge is 0.497 e. The summed E-state index contributed by atoms with van der Waals surface area (Å²) in [4.78, 5) is 0. The Labute approximate surface area is 126 Å². The number of methoxy groups -OCH3 is 1. The minimum atomic E-state index is 0.344. The summed E-state index contributed by atoms with van der Waals surface area (Å²) < 4.78 is 11.0. The molecule has 0 aromatic heterocycles. The predicted molar refractivity (Wildman–Crippen MR) is 81.7 cm³/mol. The summed E-state index contributed by atoms with van der Waals surface area (Å²) >= 11 is 6.31. The Kier molecular flexibility index (Phi) is 4.11. The zero-order chi connectivity index (χ0) is 14.0. The Morgan fingerprint density at radius 1 is 1.20 bits per heavy atom. The molecular formula is C17H23ClO2. The van der Waals surface area contributed by atoms with Crippen LogP contribution in [-0.2, 0) is 0 Å². The zero-order valence-electron chi connectivity index (χ0n) is 12.1. The summed E-state index contributed by atoms with van der Waals surface area (Å²) in [6.45, 7) is 0.766. The van der Waals surface area contributed by atoms with Crippen LogP contribution < -0.4 is 9.47 Å². The highest BCUT2D eigenvalue weighted by molar-refractivity contribution is 6.18. The Bertz CT molecular complexity index is 445. The van der Waals surface area contributed by atoms with Crippen molar-refractivity contribution in [2.24, 2.45) is 17.3 Å². The summed E-state index contributed by atoms with van der Waals surface area (Å²) in [5, 5.41) is 0. The van der Waals surface area contributed by atoms with Crippen molar-refractivity contribution < 1.29 is 9.47 Å². The number of alkyl halides is 1. The first-order valence-corrected chi connectivity index (χ1v) is 8.12. The molecule has 0 aliphatic heterocycles. The van der Waals surface area contributed by atoms with Gasteiger partial charge < -0.3 is 9.47 Å². The number of benzene rings is 1. The topological polar surface area (TPSA) is 18.5 Å². The van der Waals surface area contributed by atoms with Crippen molar-refractivity contribution >= 4 is 11.6 Å². The number of hydrogen-bond donors (Lipinski definition) is 0. The van der Waals surface area contributed by atoms with Crippen molar-refractivity contribution in [3.05, 3.63) is 24.3 Å². The molecule has 3 heteroatoms. The second-order valence-corrected chi connectivity index (χ2v) is 6.62. The summed E-state index contributed by atoms with van der Waals surface area (Å²) in [5.74, 6) is 4.34. The van der Waals surface area contributed by atoms with Gasteiger partial charge in [0.25, 0.3) is 0 Å². The highest BCUT2D eigenvalue weighted by Crippen LogP contribution is 2.58. The van der Waals surface area contributed by atoms with Gasteiger partial charge >= 0.3 is 0 Å².